The van der Waals surface area contributed by atoms with Crippen LogP contribution in [0.1, 0.15) is 42.2 Å². The number of aryl methyl sites for hydroxylation is 1. The molecule has 132 valence electrons. The predicted octanol–water partition coefficient (Wildman–Crippen LogP) is 2.82. The summed E-state index contributed by atoms with van der Waals surface area (Å²) in [6.45, 7) is 1.76. The highest BCUT2D eigenvalue weighted by atomic mass is 16.4. The first-order chi connectivity index (χ1) is 13.0. The van der Waals surface area contributed by atoms with Gasteiger partial charge in [0, 0.05) is 16.8 Å². The molecule has 3 aromatic rings. The summed E-state index contributed by atoms with van der Waals surface area (Å²) < 4.78 is 0. The first-order valence-corrected chi connectivity index (χ1v) is 8.38. The Bertz CT molecular complexity index is 1130. The van der Waals surface area contributed by atoms with Crippen molar-refractivity contribution in [3.8, 4) is 11.1 Å². The van der Waals surface area contributed by atoms with Crippen molar-refractivity contribution in [3.63, 3.8) is 0 Å². The number of anilines is 1. The maximum atomic E-state index is 12.9. The Morgan fingerprint density at radius 3 is 2.33 bits per heavy atom. The third-order valence-electron chi connectivity index (χ3n) is 4.72. The largest absolute Gasteiger partial charge is 0.545 e. The molecule has 0 saturated heterocycles. The highest BCUT2D eigenvalue weighted by Gasteiger charge is 2.30. The number of carbonyl (C=O) groups excluding carboxylic acids is 3. The van der Waals surface area contributed by atoms with Crippen LogP contribution in [0.25, 0.3) is 11.1 Å². The number of aromatic carboxylic acids is 1. The van der Waals surface area contributed by atoms with Crippen molar-refractivity contribution in [1.29, 1.82) is 0 Å². The first-order valence-electron chi connectivity index (χ1n) is 8.38. The van der Waals surface area contributed by atoms with Crippen LogP contribution in [-0.2, 0) is 0 Å². The summed E-state index contributed by atoms with van der Waals surface area (Å²) in [6, 6.07) is 16.7. The van der Waals surface area contributed by atoms with Crippen LogP contribution in [-0.4, -0.2) is 17.7 Å². The van der Waals surface area contributed by atoms with Gasteiger partial charge in [-0.25, -0.2) is 0 Å². The molecule has 0 atom stereocenters. The minimum atomic E-state index is -1.32. The van der Waals surface area contributed by atoms with Crippen molar-refractivity contribution in [2.45, 2.75) is 6.92 Å². The number of benzene rings is 3. The summed E-state index contributed by atoms with van der Waals surface area (Å²) in [6.07, 6.45) is 0. The summed E-state index contributed by atoms with van der Waals surface area (Å²) in [5.41, 5.74) is 3.76. The summed E-state index contributed by atoms with van der Waals surface area (Å²) in [5, 5.41) is 13.8. The average Bonchev–Trinajstić information content (AvgIpc) is 2.96. The van der Waals surface area contributed by atoms with Crippen LogP contribution in [0.15, 0.2) is 60.7 Å². The van der Waals surface area contributed by atoms with Gasteiger partial charge in [-0.2, -0.15) is 0 Å². The summed E-state index contributed by atoms with van der Waals surface area (Å²) in [7, 11) is 0. The number of hydrogen-bond donors (Lipinski definition) is 1. The Balaban J connectivity index is 1.75. The lowest BCUT2D eigenvalue weighted by molar-refractivity contribution is -0.255. The number of carboxylic acids is 1. The molecule has 1 N–H and O–H groups in total. The molecule has 0 spiro atoms. The third-order valence-corrected chi connectivity index (χ3v) is 4.72. The molecule has 1 amide bonds. The summed E-state index contributed by atoms with van der Waals surface area (Å²) in [5.74, 6) is -1.98. The third kappa shape index (κ3) is 2.69. The maximum absolute atomic E-state index is 12.9. The second kappa shape index (κ2) is 6.21. The number of carboxylic acid groups (broad SMARTS) is 1. The van der Waals surface area contributed by atoms with E-state index in [0.29, 0.717) is 22.4 Å². The Labute approximate surface area is 155 Å². The molecule has 0 aromatic heterocycles. The van der Waals surface area contributed by atoms with Crippen LogP contribution >= 0.6 is 0 Å². The van der Waals surface area contributed by atoms with Crippen molar-refractivity contribution >= 4 is 23.3 Å². The molecule has 5 heteroatoms. The van der Waals surface area contributed by atoms with E-state index in [0.717, 1.165) is 11.1 Å². The van der Waals surface area contributed by atoms with Gasteiger partial charge in [0.05, 0.1) is 11.5 Å². The Hall–Kier alpha value is -3.73. The second-order valence-electron chi connectivity index (χ2n) is 6.37. The fourth-order valence-electron chi connectivity index (χ4n) is 3.33. The van der Waals surface area contributed by atoms with Crippen LogP contribution in [0.5, 0.6) is 0 Å². The van der Waals surface area contributed by atoms with Gasteiger partial charge in [0.15, 0.2) is 5.78 Å². The monoisotopic (exact) mass is 356 g/mol. The maximum Gasteiger partial charge on any atom is 0.256 e. The molecule has 0 bridgehead atoms. The second-order valence-corrected chi connectivity index (χ2v) is 6.37. The van der Waals surface area contributed by atoms with E-state index in [2.05, 4.69) is 5.32 Å². The van der Waals surface area contributed by atoms with Crippen molar-refractivity contribution in [2.75, 3.05) is 5.32 Å². The summed E-state index contributed by atoms with van der Waals surface area (Å²) in [4.78, 5) is 36.8. The van der Waals surface area contributed by atoms with Gasteiger partial charge >= 0.3 is 0 Å². The van der Waals surface area contributed by atoms with Gasteiger partial charge < -0.3 is 15.2 Å². The Morgan fingerprint density at radius 1 is 0.889 bits per heavy atom. The molecular formula is C22H14NO4-. The van der Waals surface area contributed by atoms with Crippen molar-refractivity contribution < 1.29 is 19.5 Å². The SMILES string of the molecule is Cc1ccc(C(=O)[O-])cc1NC(=O)c1cccc2c1C(=O)c1ccccc1-2. The van der Waals surface area contributed by atoms with E-state index < -0.39 is 11.9 Å². The van der Waals surface area contributed by atoms with Crippen molar-refractivity contribution in [3.05, 3.63) is 88.5 Å². The molecule has 0 aliphatic heterocycles. The average molecular weight is 356 g/mol. The predicted molar refractivity (Wildman–Crippen MR) is 98.8 cm³/mol. The lowest BCUT2D eigenvalue weighted by atomic mass is 10.00. The van der Waals surface area contributed by atoms with Gasteiger partial charge in [-0.15, -0.1) is 0 Å². The molecule has 0 radical (unpaired) electrons. The minimum absolute atomic E-state index is 0.0299. The fourth-order valence-corrected chi connectivity index (χ4v) is 3.33. The molecule has 4 rings (SSSR count). The number of hydrogen-bond acceptors (Lipinski definition) is 4. The van der Waals surface area contributed by atoms with Crippen LogP contribution in [0, 0.1) is 6.92 Å². The van der Waals surface area contributed by atoms with Gasteiger partial charge in [-0.3, -0.25) is 9.59 Å². The van der Waals surface area contributed by atoms with Crippen molar-refractivity contribution in [2.24, 2.45) is 0 Å². The number of nitrogens with one attached hydrogen (secondary N) is 1. The molecular weight excluding hydrogens is 342 g/mol. The van der Waals surface area contributed by atoms with E-state index in [9.17, 15) is 19.5 Å². The standard InChI is InChI=1S/C22H15NO4/c1-12-9-10-13(22(26)27)11-18(12)23-21(25)17-8-4-7-15-14-5-2-3-6-16(14)20(24)19(15)17/h2-11H,1H3,(H,23,25)(H,26,27)/p-1. The Morgan fingerprint density at radius 2 is 1.59 bits per heavy atom. The molecule has 27 heavy (non-hydrogen) atoms. The summed E-state index contributed by atoms with van der Waals surface area (Å²) >= 11 is 0. The first kappa shape index (κ1) is 16.7. The molecule has 0 fully saturated rings. The van der Waals surface area contributed by atoms with Gasteiger partial charge in [0.25, 0.3) is 5.91 Å². The topological polar surface area (TPSA) is 86.3 Å². The van der Waals surface area contributed by atoms with Gasteiger partial charge in [0.1, 0.15) is 0 Å². The van der Waals surface area contributed by atoms with E-state index in [4.69, 9.17) is 0 Å². The molecule has 5 nitrogen and oxygen atoms in total. The molecule has 1 aliphatic carbocycles. The van der Waals surface area contributed by atoms with E-state index >= 15 is 0 Å². The quantitative estimate of drug-likeness (QED) is 0.611. The van der Waals surface area contributed by atoms with Gasteiger partial charge in [0.2, 0.25) is 0 Å². The highest BCUT2D eigenvalue weighted by molar-refractivity contribution is 6.26. The molecule has 0 saturated carbocycles. The van der Waals surface area contributed by atoms with E-state index in [1.807, 2.05) is 18.2 Å². The zero-order valence-electron chi connectivity index (χ0n) is 14.4. The van der Waals surface area contributed by atoms with E-state index in [1.54, 1.807) is 37.3 Å². The number of rotatable bonds is 3. The lowest BCUT2D eigenvalue weighted by Gasteiger charge is -2.13. The lowest BCUT2D eigenvalue weighted by Crippen LogP contribution is -2.23. The van der Waals surface area contributed by atoms with E-state index in [-0.39, 0.29) is 16.9 Å². The van der Waals surface area contributed by atoms with Crippen LogP contribution < -0.4 is 10.4 Å². The molecule has 1 aliphatic rings. The number of ketones is 1. The zero-order valence-corrected chi connectivity index (χ0v) is 14.4. The normalized spacial score (nSPS) is 11.7. The molecule has 3 aromatic carbocycles. The molecule has 0 unspecified atom stereocenters. The molecule has 0 heterocycles. The smallest absolute Gasteiger partial charge is 0.256 e. The fraction of sp³-hybridized carbons (Fsp3) is 0.0455. The van der Waals surface area contributed by atoms with Crippen LogP contribution in [0.4, 0.5) is 5.69 Å². The van der Waals surface area contributed by atoms with Crippen molar-refractivity contribution in [1.82, 2.24) is 0 Å². The zero-order chi connectivity index (χ0) is 19.1. The Kier molecular flexibility index (Phi) is 3.85. The van der Waals surface area contributed by atoms with Crippen LogP contribution in [0.2, 0.25) is 0 Å². The minimum Gasteiger partial charge on any atom is -0.545 e. The highest BCUT2D eigenvalue weighted by Crippen LogP contribution is 2.38. The number of fused-ring (bicyclic) bond motifs is 3. The number of carbonyl (C=O) groups is 3. The van der Waals surface area contributed by atoms with E-state index in [1.165, 1.54) is 12.1 Å². The number of amides is 1. The van der Waals surface area contributed by atoms with Gasteiger partial charge in [-0.05, 0) is 41.3 Å². The van der Waals surface area contributed by atoms with Gasteiger partial charge in [-0.1, -0.05) is 48.5 Å². The van der Waals surface area contributed by atoms with Crippen LogP contribution in [0.3, 0.4) is 0 Å².